The second kappa shape index (κ2) is 7.53. The van der Waals surface area contributed by atoms with E-state index >= 15 is 0 Å². The number of methoxy groups -OCH3 is 1. The van der Waals surface area contributed by atoms with Gasteiger partial charge in [-0.05, 0) is 31.4 Å². The van der Waals surface area contributed by atoms with Gasteiger partial charge in [-0.2, -0.15) is 5.26 Å². The van der Waals surface area contributed by atoms with Crippen molar-refractivity contribution in [1.29, 1.82) is 5.26 Å². The van der Waals surface area contributed by atoms with Crippen molar-refractivity contribution >= 4 is 11.6 Å². The van der Waals surface area contributed by atoms with E-state index in [4.69, 9.17) is 4.74 Å². The van der Waals surface area contributed by atoms with Gasteiger partial charge in [0.2, 0.25) is 5.91 Å². The first-order chi connectivity index (χ1) is 10.2. The predicted molar refractivity (Wildman–Crippen MR) is 81.1 cm³/mol. The number of para-hydroxylation sites is 2. The Kier molecular flexibility index (Phi) is 5.44. The molecule has 0 aromatic heterocycles. The van der Waals surface area contributed by atoms with Crippen LogP contribution in [0.5, 0.6) is 5.75 Å². The van der Waals surface area contributed by atoms with Crippen molar-refractivity contribution in [1.82, 2.24) is 4.90 Å². The van der Waals surface area contributed by atoms with Crippen LogP contribution in [0.2, 0.25) is 0 Å². The van der Waals surface area contributed by atoms with Crippen LogP contribution in [-0.4, -0.2) is 37.0 Å². The normalized spacial score (nSPS) is 15.9. The summed E-state index contributed by atoms with van der Waals surface area (Å²) in [7, 11) is 1.58. The molecule has 1 aromatic carbocycles. The second-order valence-electron chi connectivity index (χ2n) is 5.17. The molecule has 1 amide bonds. The molecule has 1 saturated heterocycles. The van der Waals surface area contributed by atoms with Crippen molar-refractivity contribution in [3.05, 3.63) is 24.3 Å². The van der Waals surface area contributed by atoms with Gasteiger partial charge in [0.05, 0.1) is 25.3 Å². The summed E-state index contributed by atoms with van der Waals surface area (Å²) >= 11 is 0. The van der Waals surface area contributed by atoms with Gasteiger partial charge in [-0.15, -0.1) is 0 Å². The van der Waals surface area contributed by atoms with Crippen molar-refractivity contribution in [2.24, 2.45) is 0 Å². The molecule has 0 bridgehead atoms. The summed E-state index contributed by atoms with van der Waals surface area (Å²) in [5.41, 5.74) is 0.734. The number of nitrogens with one attached hydrogen (secondary N) is 1. The summed E-state index contributed by atoms with van der Waals surface area (Å²) in [6.07, 6.45) is 3.49. The van der Waals surface area contributed by atoms with Gasteiger partial charge < -0.3 is 15.0 Å². The van der Waals surface area contributed by atoms with E-state index < -0.39 is 6.04 Å². The number of nitriles is 1. The second-order valence-corrected chi connectivity index (χ2v) is 5.17. The van der Waals surface area contributed by atoms with Crippen LogP contribution in [0.1, 0.15) is 25.7 Å². The highest BCUT2D eigenvalue weighted by Crippen LogP contribution is 2.24. The van der Waals surface area contributed by atoms with Gasteiger partial charge in [0.15, 0.2) is 0 Å². The summed E-state index contributed by atoms with van der Waals surface area (Å²) in [5.74, 6) is 0.715. The molecule has 112 valence electrons. The zero-order valence-electron chi connectivity index (χ0n) is 12.3. The van der Waals surface area contributed by atoms with E-state index in [9.17, 15) is 10.1 Å². The maximum atomic E-state index is 12.2. The Labute approximate surface area is 125 Å². The molecule has 2 rings (SSSR count). The van der Waals surface area contributed by atoms with Gasteiger partial charge in [-0.1, -0.05) is 12.1 Å². The van der Waals surface area contributed by atoms with Crippen LogP contribution in [0.3, 0.4) is 0 Å². The Bertz CT molecular complexity index is 518. The molecule has 1 heterocycles. The first-order valence-corrected chi connectivity index (χ1v) is 7.31. The van der Waals surface area contributed by atoms with Gasteiger partial charge >= 0.3 is 0 Å². The number of carbonyl (C=O) groups excluding carboxylic acids is 1. The third-order valence-electron chi connectivity index (χ3n) is 3.68. The summed E-state index contributed by atoms with van der Waals surface area (Å²) in [4.78, 5) is 14.1. The average Bonchev–Trinajstić information content (AvgIpc) is 2.55. The highest BCUT2D eigenvalue weighted by molar-refractivity contribution is 5.78. The molecule has 1 aliphatic heterocycles. The van der Waals surface area contributed by atoms with Gasteiger partial charge in [-0.3, -0.25) is 4.79 Å². The standard InChI is InChI=1S/C16H21N3O2/c1-21-15-8-4-3-7-14(15)18-13(12-17)11-16(20)19-9-5-2-6-10-19/h3-4,7-8,13,18H,2,5-6,9-11H2,1H3. The molecule has 1 N–H and O–H groups in total. The van der Waals surface area contributed by atoms with Crippen LogP contribution >= 0.6 is 0 Å². The minimum Gasteiger partial charge on any atom is -0.495 e. The number of piperidine rings is 1. The number of rotatable bonds is 5. The molecule has 0 spiro atoms. The lowest BCUT2D eigenvalue weighted by molar-refractivity contribution is -0.132. The van der Waals surface area contributed by atoms with E-state index in [1.165, 1.54) is 6.42 Å². The number of nitrogens with zero attached hydrogens (tertiary/aromatic N) is 2. The van der Waals surface area contributed by atoms with Crippen LogP contribution in [0, 0.1) is 11.3 Å². The lowest BCUT2D eigenvalue weighted by Gasteiger charge is -2.27. The third kappa shape index (κ3) is 4.12. The number of likely N-dealkylation sites (tertiary alicyclic amines) is 1. The van der Waals surface area contributed by atoms with Crippen molar-refractivity contribution in [2.75, 3.05) is 25.5 Å². The molecule has 1 aliphatic rings. The number of anilines is 1. The maximum absolute atomic E-state index is 12.2. The van der Waals surface area contributed by atoms with Gasteiger partial charge in [0.1, 0.15) is 11.8 Å². The highest BCUT2D eigenvalue weighted by Gasteiger charge is 2.21. The summed E-state index contributed by atoms with van der Waals surface area (Å²) in [6, 6.07) is 9.01. The summed E-state index contributed by atoms with van der Waals surface area (Å²) < 4.78 is 5.24. The van der Waals surface area contributed by atoms with E-state index in [1.54, 1.807) is 7.11 Å². The Morgan fingerprint density at radius 3 is 2.76 bits per heavy atom. The van der Waals surface area contributed by atoms with Crippen LogP contribution in [-0.2, 0) is 4.79 Å². The maximum Gasteiger partial charge on any atom is 0.225 e. The molecule has 1 aromatic rings. The fraction of sp³-hybridized carbons (Fsp3) is 0.500. The lowest BCUT2D eigenvalue weighted by Crippen LogP contribution is -2.38. The fourth-order valence-electron chi connectivity index (χ4n) is 2.53. The van der Waals surface area contributed by atoms with Crippen LogP contribution in [0.25, 0.3) is 0 Å². The number of ether oxygens (including phenoxy) is 1. The Balaban J connectivity index is 1.96. The quantitative estimate of drug-likeness (QED) is 0.903. The largest absolute Gasteiger partial charge is 0.495 e. The fourth-order valence-corrected chi connectivity index (χ4v) is 2.53. The van der Waals surface area contributed by atoms with Gasteiger partial charge in [-0.25, -0.2) is 0 Å². The average molecular weight is 287 g/mol. The molecule has 5 nitrogen and oxygen atoms in total. The molecule has 1 unspecified atom stereocenters. The Hall–Kier alpha value is -2.22. The number of amides is 1. The van der Waals surface area contributed by atoms with Crippen molar-refractivity contribution in [3.63, 3.8) is 0 Å². The molecule has 5 heteroatoms. The van der Waals surface area contributed by atoms with Gasteiger partial charge in [0.25, 0.3) is 0 Å². The molecule has 0 aliphatic carbocycles. The Morgan fingerprint density at radius 2 is 2.10 bits per heavy atom. The molecular weight excluding hydrogens is 266 g/mol. The lowest BCUT2D eigenvalue weighted by atomic mass is 10.1. The first kappa shape index (κ1) is 15.2. The minimum absolute atomic E-state index is 0.0450. The SMILES string of the molecule is COc1ccccc1NC(C#N)CC(=O)N1CCCCC1. The number of carbonyl (C=O) groups is 1. The third-order valence-corrected chi connectivity index (χ3v) is 3.68. The zero-order chi connectivity index (χ0) is 15.1. The molecule has 1 atom stereocenters. The summed E-state index contributed by atoms with van der Waals surface area (Å²) in [5, 5.41) is 12.4. The van der Waals surface area contributed by atoms with Crippen LogP contribution < -0.4 is 10.1 Å². The molecule has 0 saturated carbocycles. The van der Waals surface area contributed by atoms with Gasteiger partial charge in [0, 0.05) is 13.1 Å². The first-order valence-electron chi connectivity index (χ1n) is 7.31. The van der Waals surface area contributed by atoms with E-state index in [2.05, 4.69) is 11.4 Å². The van der Waals surface area contributed by atoms with Crippen molar-refractivity contribution in [3.8, 4) is 11.8 Å². The van der Waals surface area contributed by atoms with Crippen LogP contribution in [0.4, 0.5) is 5.69 Å². The Morgan fingerprint density at radius 1 is 1.38 bits per heavy atom. The minimum atomic E-state index is -0.546. The summed E-state index contributed by atoms with van der Waals surface area (Å²) in [6.45, 7) is 1.62. The molecule has 0 radical (unpaired) electrons. The smallest absolute Gasteiger partial charge is 0.225 e. The van der Waals surface area contributed by atoms with E-state index in [1.807, 2.05) is 29.2 Å². The molecule has 21 heavy (non-hydrogen) atoms. The molecule has 1 fully saturated rings. The van der Waals surface area contributed by atoms with E-state index in [-0.39, 0.29) is 12.3 Å². The number of benzene rings is 1. The number of hydrogen-bond acceptors (Lipinski definition) is 4. The van der Waals surface area contributed by atoms with Crippen molar-refractivity contribution in [2.45, 2.75) is 31.7 Å². The highest BCUT2D eigenvalue weighted by atomic mass is 16.5. The van der Waals surface area contributed by atoms with Crippen molar-refractivity contribution < 1.29 is 9.53 Å². The molecular formula is C16H21N3O2. The van der Waals surface area contributed by atoms with E-state index in [0.29, 0.717) is 5.75 Å². The monoisotopic (exact) mass is 287 g/mol. The van der Waals surface area contributed by atoms with E-state index in [0.717, 1.165) is 31.6 Å². The van der Waals surface area contributed by atoms with Crippen LogP contribution in [0.15, 0.2) is 24.3 Å². The number of hydrogen-bond donors (Lipinski definition) is 1. The zero-order valence-corrected chi connectivity index (χ0v) is 12.3. The topological polar surface area (TPSA) is 65.4 Å². The predicted octanol–water partition coefficient (Wildman–Crippen LogP) is 2.40.